The number of carbonyl (C=O) groups is 1. The molecule has 0 aliphatic heterocycles. The van der Waals surface area contributed by atoms with Crippen LogP contribution in [0.5, 0.6) is 0 Å². The molecule has 1 aliphatic carbocycles. The lowest BCUT2D eigenvalue weighted by atomic mass is 10.2. The molecule has 2 aromatic carbocycles. The Balaban J connectivity index is 1.41. The van der Waals surface area contributed by atoms with Gasteiger partial charge < -0.3 is 15.2 Å². The zero-order valence-corrected chi connectivity index (χ0v) is 18.2. The van der Waals surface area contributed by atoms with Crippen LogP contribution in [0, 0.1) is 0 Å². The minimum atomic E-state index is -0.617. The molecule has 0 radical (unpaired) electrons. The maximum atomic E-state index is 11.4. The Bertz CT molecular complexity index is 1020. The average Bonchev–Trinajstić information content (AvgIpc) is 3.52. The van der Waals surface area contributed by atoms with E-state index < -0.39 is 6.10 Å². The fourth-order valence-electron chi connectivity index (χ4n) is 3.26. The van der Waals surface area contributed by atoms with Gasteiger partial charge in [0.15, 0.2) is 5.16 Å². The number of nitrogens with zero attached hydrogens (tertiary/aromatic N) is 3. The van der Waals surface area contributed by atoms with Crippen molar-refractivity contribution >= 4 is 23.4 Å². The van der Waals surface area contributed by atoms with Gasteiger partial charge in [0.25, 0.3) is 0 Å². The molecule has 2 N–H and O–H groups in total. The average molecular weight is 439 g/mol. The molecule has 1 unspecified atom stereocenters. The third-order valence-electron chi connectivity index (χ3n) is 4.85. The normalized spacial score (nSPS) is 14.4. The summed E-state index contributed by atoms with van der Waals surface area (Å²) in [6.45, 7) is 2.22. The van der Waals surface area contributed by atoms with Crippen LogP contribution in [0.1, 0.15) is 37.1 Å². The van der Waals surface area contributed by atoms with Gasteiger partial charge in [-0.2, -0.15) is 0 Å². The first-order chi connectivity index (χ1) is 15.1. The second kappa shape index (κ2) is 10.1. The maximum Gasteiger partial charge on any atom is 0.221 e. The van der Waals surface area contributed by atoms with Crippen molar-refractivity contribution in [3.8, 4) is 5.69 Å². The molecule has 1 aliphatic rings. The van der Waals surface area contributed by atoms with Crippen LogP contribution in [0.4, 0.5) is 5.69 Å². The largest absolute Gasteiger partial charge is 0.390 e. The highest BCUT2D eigenvalue weighted by molar-refractivity contribution is 7.99. The standard InChI is InChI=1S/C23H26N4O3S/c1-16(28)24-19-8-5-9-20(12-19)27-22(18-10-11-18)25-26-23(27)31-15-21(29)14-30-13-17-6-3-2-4-7-17/h2-9,12,18,21,29H,10-11,13-15H2,1H3,(H,24,28). The summed E-state index contributed by atoms with van der Waals surface area (Å²) in [5.41, 5.74) is 2.71. The third-order valence-corrected chi connectivity index (χ3v) is 5.93. The summed E-state index contributed by atoms with van der Waals surface area (Å²) in [5.74, 6) is 1.67. The van der Waals surface area contributed by atoms with Crippen LogP contribution in [0.3, 0.4) is 0 Å². The molecule has 8 heteroatoms. The topological polar surface area (TPSA) is 89.3 Å². The number of hydrogen-bond donors (Lipinski definition) is 2. The van der Waals surface area contributed by atoms with Crippen LogP contribution in [-0.4, -0.2) is 44.2 Å². The Hall–Kier alpha value is -2.68. The van der Waals surface area contributed by atoms with Crippen molar-refractivity contribution in [3.63, 3.8) is 0 Å². The highest BCUT2D eigenvalue weighted by Gasteiger charge is 2.31. The van der Waals surface area contributed by atoms with Gasteiger partial charge in [-0.3, -0.25) is 9.36 Å². The molecule has 0 spiro atoms. The highest BCUT2D eigenvalue weighted by atomic mass is 32.2. The molecule has 1 aromatic heterocycles. The number of rotatable bonds is 10. The fraction of sp³-hybridized carbons (Fsp3) is 0.348. The van der Waals surface area contributed by atoms with E-state index in [1.165, 1.54) is 18.7 Å². The molecule has 7 nitrogen and oxygen atoms in total. The van der Waals surface area contributed by atoms with Crippen LogP contribution in [0.15, 0.2) is 59.8 Å². The summed E-state index contributed by atoms with van der Waals surface area (Å²) in [6, 6.07) is 17.5. The Morgan fingerprint density at radius 3 is 2.77 bits per heavy atom. The monoisotopic (exact) mass is 438 g/mol. The zero-order chi connectivity index (χ0) is 21.6. The van der Waals surface area contributed by atoms with Gasteiger partial charge >= 0.3 is 0 Å². The van der Waals surface area contributed by atoms with Crippen molar-refractivity contribution in [2.75, 3.05) is 17.7 Å². The molecule has 1 fully saturated rings. The number of aliphatic hydroxyl groups is 1. The number of aliphatic hydroxyl groups excluding tert-OH is 1. The van der Waals surface area contributed by atoms with Crippen LogP contribution in [0.2, 0.25) is 0 Å². The lowest BCUT2D eigenvalue weighted by Crippen LogP contribution is -2.18. The number of aromatic nitrogens is 3. The first kappa shape index (κ1) is 21.5. The molecule has 0 bridgehead atoms. The van der Waals surface area contributed by atoms with E-state index in [9.17, 15) is 9.90 Å². The predicted molar refractivity (Wildman–Crippen MR) is 120 cm³/mol. The van der Waals surface area contributed by atoms with E-state index in [-0.39, 0.29) is 12.5 Å². The second-order valence-electron chi connectivity index (χ2n) is 7.65. The van der Waals surface area contributed by atoms with E-state index in [0.717, 1.165) is 40.8 Å². The zero-order valence-electron chi connectivity index (χ0n) is 17.4. The number of carbonyl (C=O) groups excluding carboxylic acids is 1. The Morgan fingerprint density at radius 2 is 2.03 bits per heavy atom. The minimum absolute atomic E-state index is 0.114. The van der Waals surface area contributed by atoms with E-state index in [2.05, 4.69) is 15.5 Å². The first-order valence-corrected chi connectivity index (χ1v) is 11.3. The minimum Gasteiger partial charge on any atom is -0.390 e. The van der Waals surface area contributed by atoms with Crippen LogP contribution < -0.4 is 5.32 Å². The maximum absolute atomic E-state index is 11.4. The summed E-state index contributed by atoms with van der Waals surface area (Å²) in [4.78, 5) is 11.4. The molecule has 1 heterocycles. The van der Waals surface area contributed by atoms with E-state index in [1.807, 2.05) is 59.2 Å². The summed E-state index contributed by atoms with van der Waals surface area (Å²) >= 11 is 1.45. The van der Waals surface area contributed by atoms with Gasteiger partial charge in [-0.1, -0.05) is 48.2 Å². The number of anilines is 1. The predicted octanol–water partition coefficient (Wildman–Crippen LogP) is 3.77. The first-order valence-electron chi connectivity index (χ1n) is 10.4. The van der Waals surface area contributed by atoms with Gasteiger partial charge in [0.2, 0.25) is 5.91 Å². The molecule has 1 amide bonds. The number of ether oxygens (including phenoxy) is 1. The van der Waals surface area contributed by atoms with E-state index in [0.29, 0.717) is 18.3 Å². The molecule has 31 heavy (non-hydrogen) atoms. The molecule has 1 saturated carbocycles. The van der Waals surface area contributed by atoms with Gasteiger partial charge in [-0.15, -0.1) is 10.2 Å². The Labute approximate surface area is 185 Å². The number of amides is 1. The smallest absolute Gasteiger partial charge is 0.221 e. The van der Waals surface area contributed by atoms with Crippen LogP contribution >= 0.6 is 11.8 Å². The van der Waals surface area contributed by atoms with Crippen molar-refractivity contribution in [2.45, 2.75) is 43.6 Å². The lowest BCUT2D eigenvalue weighted by Gasteiger charge is -2.13. The molecule has 3 aromatic rings. The Morgan fingerprint density at radius 1 is 1.23 bits per heavy atom. The van der Waals surface area contributed by atoms with Gasteiger partial charge in [0, 0.05) is 24.3 Å². The number of hydrogen-bond acceptors (Lipinski definition) is 6. The van der Waals surface area contributed by atoms with Crippen molar-refractivity contribution in [2.24, 2.45) is 0 Å². The highest BCUT2D eigenvalue weighted by Crippen LogP contribution is 2.41. The van der Waals surface area contributed by atoms with Gasteiger partial charge in [0.1, 0.15) is 5.82 Å². The second-order valence-corrected chi connectivity index (χ2v) is 8.63. The summed E-state index contributed by atoms with van der Waals surface area (Å²) in [7, 11) is 0. The van der Waals surface area contributed by atoms with Gasteiger partial charge in [-0.25, -0.2) is 0 Å². The van der Waals surface area contributed by atoms with Crippen molar-refractivity contribution < 1.29 is 14.6 Å². The molecule has 0 saturated heterocycles. The van der Waals surface area contributed by atoms with E-state index >= 15 is 0 Å². The van der Waals surface area contributed by atoms with Crippen molar-refractivity contribution in [3.05, 3.63) is 66.0 Å². The quantitative estimate of drug-likeness (QED) is 0.469. The molecule has 162 valence electrons. The summed E-state index contributed by atoms with van der Waals surface area (Å²) in [6.07, 6.45) is 1.59. The van der Waals surface area contributed by atoms with Crippen LogP contribution in [0.25, 0.3) is 5.69 Å². The lowest BCUT2D eigenvalue weighted by molar-refractivity contribution is -0.114. The van der Waals surface area contributed by atoms with Gasteiger partial charge in [0.05, 0.1) is 25.0 Å². The fourth-order valence-corrected chi connectivity index (χ4v) is 4.12. The third kappa shape index (κ3) is 5.94. The summed E-state index contributed by atoms with van der Waals surface area (Å²) in [5, 5.41) is 22.7. The molecular formula is C23H26N4O3S. The van der Waals surface area contributed by atoms with E-state index in [4.69, 9.17) is 4.74 Å². The van der Waals surface area contributed by atoms with Crippen molar-refractivity contribution in [1.82, 2.24) is 14.8 Å². The SMILES string of the molecule is CC(=O)Nc1cccc(-n2c(SCC(O)COCc3ccccc3)nnc2C2CC2)c1. The Kier molecular flexibility index (Phi) is 7.01. The number of benzene rings is 2. The van der Waals surface area contributed by atoms with E-state index in [1.54, 1.807) is 0 Å². The molecular weight excluding hydrogens is 412 g/mol. The molecule has 4 rings (SSSR count). The van der Waals surface area contributed by atoms with Crippen LogP contribution in [-0.2, 0) is 16.1 Å². The number of thioether (sulfide) groups is 1. The van der Waals surface area contributed by atoms with Gasteiger partial charge in [-0.05, 0) is 36.6 Å². The van der Waals surface area contributed by atoms with Crippen molar-refractivity contribution in [1.29, 1.82) is 0 Å². The molecule has 1 atom stereocenters. The summed E-state index contributed by atoms with van der Waals surface area (Å²) < 4.78 is 7.68. The number of nitrogens with one attached hydrogen (secondary N) is 1.